The standard InChI is InChI=1S/C48H87NO4/c1-5-7-9-11-13-15-17-19-21-23-25-27-29-31-33-35-39-48(40-36-34-32-30-28-26-24-22-20-18-16-14-12-10-8-6-2)52-45-42-44(43-46(45)53-48)51-47(50)38-37-41-49(3)4/h13,15,19-22,44-46H,5-12,14,16-18,23-43H2,1-4H3/t44?,45-,46+,48?. The van der Waals surface area contributed by atoms with Gasteiger partial charge in [0, 0.05) is 32.1 Å². The molecule has 2 rings (SSSR count). The Morgan fingerprint density at radius 3 is 1.43 bits per heavy atom. The number of esters is 1. The number of carbonyl (C=O) groups is 1. The number of ether oxygens (including phenoxy) is 3. The van der Waals surface area contributed by atoms with E-state index in [1.165, 1.54) is 161 Å². The van der Waals surface area contributed by atoms with E-state index in [2.05, 4.69) is 55.2 Å². The number of hydrogen-bond donors (Lipinski definition) is 0. The SMILES string of the molecule is CCCCCC=CCC=CCCCCCCCCC1(CCCCCCCCC=CCCCCCCCC)O[C@H]2CC(OC(=O)CCCN(C)C)C[C@H]2O1. The van der Waals surface area contributed by atoms with Crippen LogP contribution in [0.25, 0.3) is 0 Å². The van der Waals surface area contributed by atoms with Gasteiger partial charge in [-0.05, 0) is 97.7 Å². The monoisotopic (exact) mass is 742 g/mol. The summed E-state index contributed by atoms with van der Waals surface area (Å²) in [6.07, 6.45) is 52.9. The number of hydrogen-bond acceptors (Lipinski definition) is 5. The number of allylic oxidation sites excluding steroid dienone is 6. The van der Waals surface area contributed by atoms with Crippen LogP contribution in [0.1, 0.15) is 219 Å². The summed E-state index contributed by atoms with van der Waals surface area (Å²) in [6, 6.07) is 0. The molecule has 0 aromatic heterocycles. The highest BCUT2D eigenvalue weighted by molar-refractivity contribution is 5.69. The van der Waals surface area contributed by atoms with Crippen LogP contribution < -0.4 is 0 Å². The van der Waals surface area contributed by atoms with Crippen LogP contribution in [0.5, 0.6) is 0 Å². The average Bonchev–Trinajstić information content (AvgIpc) is 3.66. The Bertz CT molecular complexity index is 928. The molecular formula is C48H87NO4. The van der Waals surface area contributed by atoms with E-state index in [-0.39, 0.29) is 24.3 Å². The molecule has 308 valence electrons. The first-order chi connectivity index (χ1) is 26.0. The molecule has 2 fully saturated rings. The Labute approximate surface area is 329 Å². The molecule has 5 nitrogen and oxygen atoms in total. The summed E-state index contributed by atoms with van der Waals surface area (Å²) in [5.41, 5.74) is 0. The van der Waals surface area contributed by atoms with Crippen LogP contribution in [-0.2, 0) is 19.0 Å². The van der Waals surface area contributed by atoms with Gasteiger partial charge in [0.25, 0.3) is 0 Å². The van der Waals surface area contributed by atoms with Crippen molar-refractivity contribution in [3.63, 3.8) is 0 Å². The largest absolute Gasteiger partial charge is 0.462 e. The maximum Gasteiger partial charge on any atom is 0.306 e. The first kappa shape index (κ1) is 47.7. The Morgan fingerprint density at radius 1 is 0.566 bits per heavy atom. The number of fused-ring (bicyclic) bond motifs is 1. The Kier molecular flexibility index (Phi) is 29.5. The molecule has 1 heterocycles. The van der Waals surface area contributed by atoms with E-state index in [9.17, 15) is 4.79 Å². The van der Waals surface area contributed by atoms with Crippen LogP contribution >= 0.6 is 0 Å². The van der Waals surface area contributed by atoms with Crippen molar-refractivity contribution in [1.29, 1.82) is 0 Å². The van der Waals surface area contributed by atoms with Gasteiger partial charge in [0.05, 0.1) is 12.2 Å². The summed E-state index contributed by atoms with van der Waals surface area (Å²) >= 11 is 0. The lowest BCUT2D eigenvalue weighted by molar-refractivity contribution is -0.196. The normalized spacial score (nSPS) is 21.6. The molecule has 2 aliphatic rings. The van der Waals surface area contributed by atoms with E-state index in [0.717, 1.165) is 45.1 Å². The van der Waals surface area contributed by atoms with E-state index in [0.29, 0.717) is 6.42 Å². The zero-order chi connectivity index (χ0) is 38.1. The van der Waals surface area contributed by atoms with Gasteiger partial charge in [0.15, 0.2) is 5.79 Å². The van der Waals surface area contributed by atoms with Gasteiger partial charge in [-0.25, -0.2) is 0 Å². The van der Waals surface area contributed by atoms with Gasteiger partial charge in [0.1, 0.15) is 6.10 Å². The lowest BCUT2D eigenvalue weighted by atomic mass is 9.98. The average molecular weight is 742 g/mol. The third kappa shape index (κ3) is 25.4. The molecule has 1 aliphatic carbocycles. The van der Waals surface area contributed by atoms with Gasteiger partial charge < -0.3 is 19.1 Å². The molecule has 2 unspecified atom stereocenters. The topological polar surface area (TPSA) is 48.0 Å². The van der Waals surface area contributed by atoms with Gasteiger partial charge in [-0.2, -0.15) is 0 Å². The number of carbonyl (C=O) groups excluding carboxylic acids is 1. The van der Waals surface area contributed by atoms with Gasteiger partial charge in [0.2, 0.25) is 0 Å². The summed E-state index contributed by atoms with van der Waals surface area (Å²) in [4.78, 5) is 14.6. The van der Waals surface area contributed by atoms with Crippen LogP contribution in [0.15, 0.2) is 36.5 Å². The van der Waals surface area contributed by atoms with Gasteiger partial charge >= 0.3 is 5.97 Å². The maximum atomic E-state index is 12.4. The first-order valence-electron chi connectivity index (χ1n) is 23.1. The Hall–Kier alpha value is -1.43. The van der Waals surface area contributed by atoms with Crippen LogP contribution in [0, 0.1) is 0 Å². The fraction of sp³-hybridized carbons (Fsp3) is 0.854. The molecule has 1 saturated carbocycles. The van der Waals surface area contributed by atoms with Crippen molar-refractivity contribution in [2.45, 2.75) is 243 Å². The van der Waals surface area contributed by atoms with Crippen molar-refractivity contribution in [2.24, 2.45) is 0 Å². The summed E-state index contributed by atoms with van der Waals surface area (Å²) in [7, 11) is 4.08. The van der Waals surface area contributed by atoms with Crippen LogP contribution in [-0.4, -0.2) is 55.6 Å². The minimum atomic E-state index is -0.438. The molecule has 5 heteroatoms. The van der Waals surface area contributed by atoms with E-state index >= 15 is 0 Å². The van der Waals surface area contributed by atoms with E-state index in [4.69, 9.17) is 14.2 Å². The molecule has 0 amide bonds. The molecule has 0 bridgehead atoms. The zero-order valence-corrected chi connectivity index (χ0v) is 35.6. The van der Waals surface area contributed by atoms with Gasteiger partial charge in [-0.15, -0.1) is 0 Å². The quantitative estimate of drug-likeness (QED) is 0.0363. The second-order valence-corrected chi connectivity index (χ2v) is 16.7. The molecule has 0 N–H and O–H groups in total. The molecule has 4 atom stereocenters. The predicted molar refractivity (Wildman–Crippen MR) is 227 cm³/mol. The first-order valence-corrected chi connectivity index (χ1v) is 23.1. The van der Waals surface area contributed by atoms with Crippen LogP contribution in [0.3, 0.4) is 0 Å². The maximum absolute atomic E-state index is 12.4. The van der Waals surface area contributed by atoms with Crippen molar-refractivity contribution in [2.75, 3.05) is 20.6 Å². The lowest BCUT2D eigenvalue weighted by Crippen LogP contribution is -2.33. The highest BCUT2D eigenvalue weighted by Gasteiger charge is 2.52. The molecule has 1 saturated heterocycles. The Balaban J connectivity index is 1.64. The molecule has 1 aliphatic heterocycles. The van der Waals surface area contributed by atoms with Gasteiger partial charge in [-0.3, -0.25) is 4.79 Å². The predicted octanol–water partition coefficient (Wildman–Crippen LogP) is 14.1. The van der Waals surface area contributed by atoms with Gasteiger partial charge in [-0.1, -0.05) is 147 Å². The molecule has 0 aromatic rings. The smallest absolute Gasteiger partial charge is 0.306 e. The molecule has 0 aromatic carbocycles. The summed E-state index contributed by atoms with van der Waals surface area (Å²) < 4.78 is 19.5. The second-order valence-electron chi connectivity index (χ2n) is 16.7. The minimum Gasteiger partial charge on any atom is -0.462 e. The molecule has 53 heavy (non-hydrogen) atoms. The fourth-order valence-corrected chi connectivity index (χ4v) is 8.01. The molecule has 0 radical (unpaired) electrons. The summed E-state index contributed by atoms with van der Waals surface area (Å²) in [6.45, 7) is 5.46. The summed E-state index contributed by atoms with van der Waals surface area (Å²) in [5, 5.41) is 0. The van der Waals surface area contributed by atoms with Crippen molar-refractivity contribution in [1.82, 2.24) is 4.90 Å². The van der Waals surface area contributed by atoms with E-state index < -0.39 is 5.79 Å². The van der Waals surface area contributed by atoms with Crippen molar-refractivity contribution < 1.29 is 19.0 Å². The zero-order valence-electron chi connectivity index (χ0n) is 35.6. The highest BCUT2D eigenvalue weighted by Crippen LogP contribution is 2.44. The molecule has 0 spiro atoms. The highest BCUT2D eigenvalue weighted by atomic mass is 16.8. The van der Waals surface area contributed by atoms with Crippen molar-refractivity contribution >= 4 is 5.97 Å². The number of unbranched alkanes of at least 4 members (excludes halogenated alkanes) is 21. The minimum absolute atomic E-state index is 0.0632. The van der Waals surface area contributed by atoms with E-state index in [1.807, 2.05) is 14.1 Å². The third-order valence-corrected chi connectivity index (χ3v) is 11.2. The van der Waals surface area contributed by atoms with Crippen LogP contribution in [0.4, 0.5) is 0 Å². The lowest BCUT2D eigenvalue weighted by Gasteiger charge is -2.30. The van der Waals surface area contributed by atoms with Crippen molar-refractivity contribution in [3.8, 4) is 0 Å². The van der Waals surface area contributed by atoms with E-state index in [1.54, 1.807) is 0 Å². The van der Waals surface area contributed by atoms with Crippen LogP contribution in [0.2, 0.25) is 0 Å². The third-order valence-electron chi connectivity index (χ3n) is 11.2. The Morgan fingerprint density at radius 2 is 0.962 bits per heavy atom. The molecular weight excluding hydrogens is 655 g/mol. The summed E-state index contributed by atoms with van der Waals surface area (Å²) in [5.74, 6) is -0.514. The fourth-order valence-electron chi connectivity index (χ4n) is 8.01. The number of nitrogens with zero attached hydrogens (tertiary/aromatic N) is 1. The number of rotatable bonds is 36. The second kappa shape index (κ2) is 32.8. The van der Waals surface area contributed by atoms with Crippen molar-refractivity contribution in [3.05, 3.63) is 36.5 Å².